The molecule has 2 heterocycles. The van der Waals surface area contributed by atoms with Crippen molar-refractivity contribution in [3.05, 3.63) is 40.3 Å². The maximum Gasteiger partial charge on any atom is 0.327 e. The van der Waals surface area contributed by atoms with Crippen LogP contribution in [0.3, 0.4) is 0 Å². The standard InChI is InChI=1S/C14H15N3O2S2/c1-10-15-11(9-20-10)8-16-13-4-2-3-5-14(13)17(12-6-7-12)21(16,18)19/h2-5,9,12H,6-8H2,1H3. The predicted octanol–water partition coefficient (Wildman–Crippen LogP) is 2.69. The van der Waals surface area contributed by atoms with E-state index in [1.165, 1.54) is 4.31 Å². The molecule has 0 saturated heterocycles. The molecule has 0 radical (unpaired) electrons. The highest BCUT2D eigenvalue weighted by Crippen LogP contribution is 2.47. The Bertz CT molecular complexity index is 796. The Labute approximate surface area is 128 Å². The van der Waals surface area contributed by atoms with Crippen molar-refractivity contribution >= 4 is 32.9 Å². The Balaban J connectivity index is 1.79. The van der Waals surface area contributed by atoms with E-state index in [-0.39, 0.29) is 6.04 Å². The summed E-state index contributed by atoms with van der Waals surface area (Å²) in [5.74, 6) is 0. The lowest BCUT2D eigenvalue weighted by Crippen LogP contribution is -2.38. The number of para-hydroxylation sites is 2. The zero-order chi connectivity index (χ0) is 14.6. The summed E-state index contributed by atoms with van der Waals surface area (Å²) < 4.78 is 28.8. The van der Waals surface area contributed by atoms with E-state index in [1.54, 1.807) is 15.6 Å². The number of hydrogen-bond donors (Lipinski definition) is 0. The Morgan fingerprint density at radius 1 is 1.29 bits per heavy atom. The van der Waals surface area contributed by atoms with E-state index in [1.807, 2.05) is 36.6 Å². The molecule has 0 amide bonds. The topological polar surface area (TPSA) is 53.5 Å². The summed E-state index contributed by atoms with van der Waals surface area (Å²) >= 11 is 1.54. The second-order valence-corrected chi connectivity index (χ2v) is 8.18. The number of aryl methyl sites for hydroxylation is 1. The van der Waals surface area contributed by atoms with Crippen molar-refractivity contribution in [1.29, 1.82) is 0 Å². The molecule has 1 aromatic carbocycles. The average molecular weight is 321 g/mol. The maximum absolute atomic E-state index is 12.9. The third kappa shape index (κ3) is 2.03. The highest BCUT2D eigenvalue weighted by atomic mass is 32.2. The quantitative estimate of drug-likeness (QED) is 0.873. The van der Waals surface area contributed by atoms with Gasteiger partial charge in [0, 0.05) is 11.4 Å². The number of nitrogens with zero attached hydrogens (tertiary/aromatic N) is 3. The van der Waals surface area contributed by atoms with Gasteiger partial charge in [-0.2, -0.15) is 8.42 Å². The molecule has 1 aliphatic carbocycles. The summed E-state index contributed by atoms with van der Waals surface area (Å²) in [5.41, 5.74) is 2.36. The van der Waals surface area contributed by atoms with Crippen LogP contribution in [0.5, 0.6) is 0 Å². The number of aromatic nitrogens is 1. The van der Waals surface area contributed by atoms with Crippen LogP contribution < -0.4 is 8.61 Å². The minimum atomic E-state index is -3.48. The third-order valence-corrected chi connectivity index (χ3v) is 6.46. The molecule has 2 aliphatic rings. The molecule has 4 rings (SSSR count). The molecule has 0 bridgehead atoms. The first-order chi connectivity index (χ1) is 10.1. The molecule has 0 spiro atoms. The summed E-state index contributed by atoms with van der Waals surface area (Å²) in [6.07, 6.45) is 1.88. The van der Waals surface area contributed by atoms with Gasteiger partial charge < -0.3 is 0 Å². The summed E-state index contributed by atoms with van der Waals surface area (Å²) in [6.45, 7) is 2.23. The van der Waals surface area contributed by atoms with Gasteiger partial charge in [0.1, 0.15) is 0 Å². The van der Waals surface area contributed by atoms with Gasteiger partial charge in [-0.15, -0.1) is 11.3 Å². The summed E-state index contributed by atoms with van der Waals surface area (Å²) in [7, 11) is -3.48. The fourth-order valence-electron chi connectivity index (χ4n) is 2.71. The molecule has 1 saturated carbocycles. The van der Waals surface area contributed by atoms with E-state index in [9.17, 15) is 8.42 Å². The van der Waals surface area contributed by atoms with Gasteiger partial charge in [-0.1, -0.05) is 12.1 Å². The number of rotatable bonds is 3. The number of fused-ring (bicyclic) bond motifs is 1. The van der Waals surface area contributed by atoms with Crippen molar-refractivity contribution in [3.63, 3.8) is 0 Å². The number of hydrogen-bond acceptors (Lipinski definition) is 4. The van der Waals surface area contributed by atoms with Crippen LogP contribution in [0.2, 0.25) is 0 Å². The van der Waals surface area contributed by atoms with Crippen molar-refractivity contribution in [2.24, 2.45) is 0 Å². The molecular formula is C14H15N3O2S2. The molecule has 0 atom stereocenters. The first-order valence-electron chi connectivity index (χ1n) is 6.89. The van der Waals surface area contributed by atoms with Gasteiger partial charge in [0.15, 0.2) is 0 Å². The monoisotopic (exact) mass is 321 g/mol. The van der Waals surface area contributed by atoms with Gasteiger partial charge in [-0.25, -0.2) is 13.6 Å². The molecule has 7 heteroatoms. The second-order valence-electron chi connectivity index (χ2n) is 5.39. The van der Waals surface area contributed by atoms with Gasteiger partial charge in [-0.3, -0.25) is 0 Å². The van der Waals surface area contributed by atoms with Crippen LogP contribution >= 0.6 is 11.3 Å². The maximum atomic E-state index is 12.9. The van der Waals surface area contributed by atoms with Gasteiger partial charge >= 0.3 is 10.2 Å². The predicted molar refractivity (Wildman–Crippen MR) is 83.9 cm³/mol. The molecule has 110 valence electrons. The largest absolute Gasteiger partial charge is 0.327 e. The van der Waals surface area contributed by atoms with Crippen molar-refractivity contribution in [1.82, 2.24) is 4.98 Å². The molecule has 0 unspecified atom stereocenters. The molecule has 5 nitrogen and oxygen atoms in total. The lowest BCUT2D eigenvalue weighted by Gasteiger charge is -2.20. The van der Waals surface area contributed by atoms with Crippen molar-refractivity contribution in [2.45, 2.75) is 32.4 Å². The first-order valence-corrected chi connectivity index (χ1v) is 9.17. The molecule has 1 fully saturated rings. The van der Waals surface area contributed by atoms with E-state index in [4.69, 9.17) is 0 Å². The molecule has 0 N–H and O–H groups in total. The van der Waals surface area contributed by atoms with Crippen LogP contribution in [0, 0.1) is 6.92 Å². The Hall–Kier alpha value is -1.60. The fourth-order valence-corrected chi connectivity index (χ4v) is 5.21. The molecule has 21 heavy (non-hydrogen) atoms. The van der Waals surface area contributed by atoms with Gasteiger partial charge in [0.25, 0.3) is 0 Å². The summed E-state index contributed by atoms with van der Waals surface area (Å²) in [4.78, 5) is 4.39. The van der Waals surface area contributed by atoms with Crippen LogP contribution in [0.25, 0.3) is 0 Å². The number of benzene rings is 1. The number of thiazole rings is 1. The average Bonchev–Trinajstić information content (AvgIpc) is 3.14. The third-order valence-electron chi connectivity index (χ3n) is 3.77. The lowest BCUT2D eigenvalue weighted by molar-refractivity contribution is 0.588. The molecular weight excluding hydrogens is 306 g/mol. The fraction of sp³-hybridized carbons (Fsp3) is 0.357. The van der Waals surface area contributed by atoms with Gasteiger partial charge in [-0.05, 0) is 31.9 Å². The Morgan fingerprint density at radius 2 is 2.00 bits per heavy atom. The Morgan fingerprint density at radius 3 is 2.62 bits per heavy atom. The van der Waals surface area contributed by atoms with E-state index in [0.717, 1.165) is 34.9 Å². The number of anilines is 2. The van der Waals surface area contributed by atoms with Crippen LogP contribution in [-0.2, 0) is 16.8 Å². The van der Waals surface area contributed by atoms with Crippen molar-refractivity contribution in [2.75, 3.05) is 8.61 Å². The van der Waals surface area contributed by atoms with Crippen LogP contribution in [0.4, 0.5) is 11.4 Å². The lowest BCUT2D eigenvalue weighted by atomic mass is 10.2. The molecule has 1 aromatic heterocycles. The van der Waals surface area contributed by atoms with Crippen molar-refractivity contribution in [3.8, 4) is 0 Å². The second kappa shape index (κ2) is 4.45. The van der Waals surface area contributed by atoms with Gasteiger partial charge in [0.2, 0.25) is 0 Å². The first kappa shape index (κ1) is 13.1. The summed E-state index contributed by atoms with van der Waals surface area (Å²) in [6, 6.07) is 7.65. The SMILES string of the molecule is Cc1nc(CN2c3ccccc3N(C3CC3)S2(=O)=O)cs1. The van der Waals surface area contributed by atoms with E-state index < -0.39 is 10.2 Å². The smallest absolute Gasteiger partial charge is 0.248 e. The van der Waals surface area contributed by atoms with Crippen LogP contribution in [-0.4, -0.2) is 19.4 Å². The van der Waals surface area contributed by atoms with E-state index in [2.05, 4.69) is 4.98 Å². The van der Waals surface area contributed by atoms with Crippen LogP contribution in [0.1, 0.15) is 23.5 Å². The summed E-state index contributed by atoms with van der Waals surface area (Å²) in [5, 5.41) is 2.88. The highest BCUT2D eigenvalue weighted by molar-refractivity contribution is 7.94. The minimum Gasteiger partial charge on any atom is -0.248 e. The van der Waals surface area contributed by atoms with Gasteiger partial charge in [0.05, 0.1) is 28.6 Å². The normalized spacial score (nSPS) is 19.9. The molecule has 2 aromatic rings. The minimum absolute atomic E-state index is 0.123. The van der Waals surface area contributed by atoms with Crippen molar-refractivity contribution < 1.29 is 8.42 Å². The zero-order valence-electron chi connectivity index (χ0n) is 11.6. The van der Waals surface area contributed by atoms with E-state index in [0.29, 0.717) is 6.54 Å². The van der Waals surface area contributed by atoms with Crippen LogP contribution in [0.15, 0.2) is 29.6 Å². The zero-order valence-corrected chi connectivity index (χ0v) is 13.2. The van der Waals surface area contributed by atoms with E-state index >= 15 is 0 Å². The highest BCUT2D eigenvalue weighted by Gasteiger charge is 2.47. The molecule has 1 aliphatic heterocycles. The Kier molecular flexibility index (Phi) is 2.77.